The van der Waals surface area contributed by atoms with Crippen molar-refractivity contribution in [3.63, 3.8) is 0 Å². The smallest absolute Gasteiger partial charge is 0.178 e. The Balaban J connectivity index is 1.95. The summed E-state index contributed by atoms with van der Waals surface area (Å²) in [5, 5.41) is 8.37. The Labute approximate surface area is 94.1 Å². The van der Waals surface area contributed by atoms with Crippen LogP contribution in [-0.4, -0.2) is 44.5 Å². The number of likely N-dealkylation sites (tertiary alicyclic amines) is 1. The normalized spacial score (nSPS) is 21.9. The van der Waals surface area contributed by atoms with Crippen molar-refractivity contribution < 1.29 is 0 Å². The van der Waals surface area contributed by atoms with Crippen molar-refractivity contribution in [3.05, 3.63) is 18.3 Å². The fraction of sp³-hybridized carbons (Fsp3) is 0.545. The Morgan fingerprint density at radius 1 is 1.50 bits per heavy atom. The second-order valence-corrected chi connectivity index (χ2v) is 4.22. The second-order valence-electron chi connectivity index (χ2n) is 4.22. The Kier molecular flexibility index (Phi) is 2.32. The van der Waals surface area contributed by atoms with Gasteiger partial charge in [0.25, 0.3) is 0 Å². The van der Waals surface area contributed by atoms with E-state index in [1.807, 2.05) is 16.8 Å². The van der Waals surface area contributed by atoms with Crippen molar-refractivity contribution in [3.8, 4) is 0 Å². The molecule has 1 unspecified atom stereocenters. The molecule has 3 heterocycles. The SMILES string of the molecule is CCN1CCC(n2nnc3cccnc32)C1. The van der Waals surface area contributed by atoms with Gasteiger partial charge < -0.3 is 4.90 Å². The van der Waals surface area contributed by atoms with Gasteiger partial charge in [-0.3, -0.25) is 0 Å². The summed E-state index contributed by atoms with van der Waals surface area (Å²) in [4.78, 5) is 6.79. The molecular weight excluding hydrogens is 202 g/mol. The molecule has 16 heavy (non-hydrogen) atoms. The molecule has 84 valence electrons. The highest BCUT2D eigenvalue weighted by Gasteiger charge is 2.25. The molecular formula is C11H15N5. The Bertz CT molecular complexity index is 492. The third-order valence-corrected chi connectivity index (χ3v) is 3.27. The topological polar surface area (TPSA) is 46.8 Å². The van der Waals surface area contributed by atoms with Crippen molar-refractivity contribution in [2.24, 2.45) is 0 Å². The van der Waals surface area contributed by atoms with Crippen LogP contribution >= 0.6 is 0 Å². The molecule has 1 aliphatic heterocycles. The standard InChI is InChI=1S/C11H15N5/c1-2-15-7-5-9(8-15)16-11-10(13-14-16)4-3-6-12-11/h3-4,6,9H,2,5,7-8H2,1H3. The molecule has 0 aromatic carbocycles. The third-order valence-electron chi connectivity index (χ3n) is 3.27. The fourth-order valence-corrected chi connectivity index (χ4v) is 2.33. The first-order chi connectivity index (χ1) is 7.88. The zero-order valence-electron chi connectivity index (χ0n) is 9.37. The average molecular weight is 217 g/mol. The van der Waals surface area contributed by atoms with Crippen LogP contribution in [0.1, 0.15) is 19.4 Å². The predicted molar refractivity (Wildman–Crippen MR) is 61.1 cm³/mol. The highest BCUT2D eigenvalue weighted by molar-refractivity contribution is 5.68. The number of nitrogens with zero attached hydrogens (tertiary/aromatic N) is 5. The number of pyridine rings is 1. The summed E-state index contributed by atoms with van der Waals surface area (Å²) >= 11 is 0. The van der Waals surface area contributed by atoms with Gasteiger partial charge in [-0.1, -0.05) is 12.1 Å². The van der Waals surface area contributed by atoms with E-state index in [1.165, 1.54) is 0 Å². The van der Waals surface area contributed by atoms with Crippen molar-refractivity contribution in [2.75, 3.05) is 19.6 Å². The van der Waals surface area contributed by atoms with E-state index in [1.54, 1.807) is 6.20 Å². The highest BCUT2D eigenvalue weighted by atomic mass is 15.5. The van der Waals surface area contributed by atoms with Crippen LogP contribution in [0.25, 0.3) is 11.2 Å². The summed E-state index contributed by atoms with van der Waals surface area (Å²) in [6.45, 7) is 5.51. The van der Waals surface area contributed by atoms with Crippen LogP contribution < -0.4 is 0 Å². The molecule has 5 heteroatoms. The highest BCUT2D eigenvalue weighted by Crippen LogP contribution is 2.22. The second kappa shape index (κ2) is 3.83. The minimum Gasteiger partial charge on any atom is -0.301 e. The molecule has 0 N–H and O–H groups in total. The maximum atomic E-state index is 4.36. The number of rotatable bonds is 2. The molecule has 0 aliphatic carbocycles. The number of fused-ring (bicyclic) bond motifs is 1. The first-order valence-electron chi connectivity index (χ1n) is 5.76. The van der Waals surface area contributed by atoms with E-state index in [-0.39, 0.29) is 0 Å². The van der Waals surface area contributed by atoms with Crippen LogP contribution in [0, 0.1) is 0 Å². The van der Waals surface area contributed by atoms with Crippen molar-refractivity contribution in [1.29, 1.82) is 0 Å². The summed E-state index contributed by atoms with van der Waals surface area (Å²) in [7, 11) is 0. The van der Waals surface area contributed by atoms with Crippen molar-refractivity contribution in [1.82, 2.24) is 24.9 Å². The minimum absolute atomic E-state index is 0.430. The molecule has 2 aromatic rings. The van der Waals surface area contributed by atoms with Gasteiger partial charge in [-0.25, -0.2) is 9.67 Å². The summed E-state index contributed by atoms with van der Waals surface area (Å²) < 4.78 is 1.98. The molecule has 2 aromatic heterocycles. The molecule has 0 radical (unpaired) electrons. The predicted octanol–water partition coefficient (Wildman–Crippen LogP) is 1.09. The van der Waals surface area contributed by atoms with E-state index >= 15 is 0 Å². The van der Waals surface area contributed by atoms with Crippen LogP contribution in [0.4, 0.5) is 0 Å². The Hall–Kier alpha value is -1.49. The molecule has 0 amide bonds. The maximum Gasteiger partial charge on any atom is 0.178 e. The number of hydrogen-bond donors (Lipinski definition) is 0. The first kappa shape index (κ1) is 9.72. The van der Waals surface area contributed by atoms with Crippen molar-refractivity contribution in [2.45, 2.75) is 19.4 Å². The molecule has 1 fully saturated rings. The summed E-state index contributed by atoms with van der Waals surface area (Å²) in [5.41, 5.74) is 1.79. The van der Waals surface area contributed by atoms with Gasteiger partial charge in [0.2, 0.25) is 0 Å². The van der Waals surface area contributed by atoms with Crippen LogP contribution in [-0.2, 0) is 0 Å². The minimum atomic E-state index is 0.430. The number of aromatic nitrogens is 4. The third kappa shape index (κ3) is 1.48. The van der Waals surface area contributed by atoms with Gasteiger partial charge in [-0.05, 0) is 25.1 Å². The van der Waals surface area contributed by atoms with E-state index in [4.69, 9.17) is 0 Å². The van der Waals surface area contributed by atoms with E-state index < -0.39 is 0 Å². The van der Waals surface area contributed by atoms with Gasteiger partial charge in [0, 0.05) is 19.3 Å². The zero-order chi connectivity index (χ0) is 11.0. The quantitative estimate of drug-likeness (QED) is 0.755. The number of likely N-dealkylation sites (N-methyl/N-ethyl adjacent to an activating group) is 1. The maximum absolute atomic E-state index is 4.36. The molecule has 0 saturated carbocycles. The van der Waals surface area contributed by atoms with Gasteiger partial charge >= 0.3 is 0 Å². The molecule has 3 rings (SSSR count). The van der Waals surface area contributed by atoms with Gasteiger partial charge in [-0.2, -0.15) is 0 Å². The largest absolute Gasteiger partial charge is 0.301 e. The lowest BCUT2D eigenvalue weighted by molar-refractivity contribution is 0.336. The van der Waals surface area contributed by atoms with E-state index in [0.717, 1.165) is 37.2 Å². The molecule has 1 aliphatic rings. The first-order valence-corrected chi connectivity index (χ1v) is 5.76. The summed E-state index contributed by atoms with van der Waals surface area (Å²) in [6.07, 6.45) is 2.94. The Morgan fingerprint density at radius 3 is 3.25 bits per heavy atom. The van der Waals surface area contributed by atoms with Gasteiger partial charge in [-0.15, -0.1) is 5.10 Å². The molecule has 1 saturated heterocycles. The fourth-order valence-electron chi connectivity index (χ4n) is 2.33. The van der Waals surface area contributed by atoms with E-state index in [2.05, 4.69) is 27.1 Å². The van der Waals surface area contributed by atoms with Gasteiger partial charge in [0.1, 0.15) is 5.52 Å². The van der Waals surface area contributed by atoms with Crippen LogP contribution in [0.2, 0.25) is 0 Å². The average Bonchev–Trinajstić information content (AvgIpc) is 2.94. The lowest BCUT2D eigenvalue weighted by atomic mass is 10.3. The van der Waals surface area contributed by atoms with Crippen LogP contribution in [0.3, 0.4) is 0 Å². The van der Waals surface area contributed by atoms with E-state index in [0.29, 0.717) is 6.04 Å². The lowest BCUT2D eigenvalue weighted by Gasteiger charge is -2.12. The molecule has 0 bridgehead atoms. The molecule has 1 atom stereocenters. The zero-order valence-corrected chi connectivity index (χ0v) is 9.37. The van der Waals surface area contributed by atoms with Gasteiger partial charge in [0.15, 0.2) is 5.65 Å². The Morgan fingerprint density at radius 2 is 2.44 bits per heavy atom. The van der Waals surface area contributed by atoms with Crippen LogP contribution in [0.5, 0.6) is 0 Å². The number of hydrogen-bond acceptors (Lipinski definition) is 4. The monoisotopic (exact) mass is 217 g/mol. The van der Waals surface area contributed by atoms with E-state index in [9.17, 15) is 0 Å². The molecule has 0 spiro atoms. The van der Waals surface area contributed by atoms with Crippen molar-refractivity contribution >= 4 is 11.2 Å². The summed E-state index contributed by atoms with van der Waals surface area (Å²) in [5.74, 6) is 0. The van der Waals surface area contributed by atoms with Gasteiger partial charge in [0.05, 0.1) is 6.04 Å². The lowest BCUT2D eigenvalue weighted by Crippen LogP contribution is -2.21. The molecule has 5 nitrogen and oxygen atoms in total. The summed E-state index contributed by atoms with van der Waals surface area (Å²) in [6, 6.07) is 4.28. The van der Waals surface area contributed by atoms with Crippen LogP contribution in [0.15, 0.2) is 18.3 Å².